The lowest BCUT2D eigenvalue weighted by molar-refractivity contribution is -0.129. The summed E-state index contributed by atoms with van der Waals surface area (Å²) in [5.41, 5.74) is 3.49. The highest BCUT2D eigenvalue weighted by Gasteiger charge is 2.34. The number of hydrogen-bond acceptors (Lipinski definition) is 5. The van der Waals surface area contributed by atoms with Crippen LogP contribution in [0.1, 0.15) is 23.4 Å². The number of benzene rings is 1. The molecule has 3 heterocycles. The predicted molar refractivity (Wildman–Crippen MR) is 98.4 cm³/mol. The van der Waals surface area contributed by atoms with Gasteiger partial charge in [-0.2, -0.15) is 0 Å². The fourth-order valence-electron chi connectivity index (χ4n) is 3.33. The molecule has 3 aromatic rings. The number of pyridine rings is 1. The number of nitrogens with zero attached hydrogens (tertiary/aromatic N) is 3. The zero-order valence-electron chi connectivity index (χ0n) is 15.0. The number of amides is 2. The highest BCUT2D eigenvalue weighted by molar-refractivity contribution is 5.89. The molecular formula is C20H20N4O3. The van der Waals surface area contributed by atoms with E-state index in [0.29, 0.717) is 24.6 Å². The first-order valence-electron chi connectivity index (χ1n) is 8.89. The van der Waals surface area contributed by atoms with Crippen LogP contribution in [0.4, 0.5) is 0 Å². The number of likely N-dealkylation sites (tertiary alicyclic amines) is 1. The number of aromatic nitrogens is 2. The summed E-state index contributed by atoms with van der Waals surface area (Å²) in [4.78, 5) is 34.9. The number of aryl methyl sites for hydroxylation is 1. The van der Waals surface area contributed by atoms with Gasteiger partial charge >= 0.3 is 0 Å². The van der Waals surface area contributed by atoms with Gasteiger partial charge in [-0.15, -0.1) is 0 Å². The van der Waals surface area contributed by atoms with E-state index in [0.717, 1.165) is 16.6 Å². The van der Waals surface area contributed by atoms with E-state index in [4.69, 9.17) is 4.42 Å². The first kappa shape index (κ1) is 17.2. The summed E-state index contributed by atoms with van der Waals surface area (Å²) in [6, 6.07) is 9.48. The Morgan fingerprint density at radius 1 is 1.33 bits per heavy atom. The van der Waals surface area contributed by atoms with Crippen molar-refractivity contribution in [1.82, 2.24) is 20.2 Å². The minimum absolute atomic E-state index is 0.0171. The van der Waals surface area contributed by atoms with Crippen molar-refractivity contribution in [3.8, 4) is 0 Å². The molecule has 27 heavy (non-hydrogen) atoms. The second-order valence-corrected chi connectivity index (χ2v) is 6.78. The van der Waals surface area contributed by atoms with Gasteiger partial charge in [0.25, 0.3) is 0 Å². The van der Waals surface area contributed by atoms with Crippen molar-refractivity contribution in [2.45, 2.75) is 26.4 Å². The third kappa shape index (κ3) is 3.67. The SMILES string of the molecule is Cc1cccc2oc(CNC(=O)[C@H]3CC(=O)N(Cc4cccnc4)C3)nc12. The van der Waals surface area contributed by atoms with E-state index < -0.39 is 0 Å². The number of fused-ring (bicyclic) bond motifs is 1. The molecule has 2 amide bonds. The molecule has 0 unspecified atom stereocenters. The van der Waals surface area contributed by atoms with Gasteiger partial charge in [-0.25, -0.2) is 4.98 Å². The smallest absolute Gasteiger partial charge is 0.225 e. The molecule has 1 aliphatic heterocycles. The Morgan fingerprint density at radius 2 is 2.22 bits per heavy atom. The van der Waals surface area contributed by atoms with E-state index in [1.807, 2.05) is 37.3 Å². The molecule has 1 atom stereocenters. The van der Waals surface area contributed by atoms with Crippen LogP contribution in [0.2, 0.25) is 0 Å². The van der Waals surface area contributed by atoms with Gasteiger partial charge in [0.15, 0.2) is 5.58 Å². The van der Waals surface area contributed by atoms with Gasteiger partial charge in [-0.1, -0.05) is 18.2 Å². The fourth-order valence-corrected chi connectivity index (χ4v) is 3.33. The van der Waals surface area contributed by atoms with E-state index in [1.54, 1.807) is 17.3 Å². The molecule has 4 rings (SSSR count). The van der Waals surface area contributed by atoms with Gasteiger partial charge in [-0.3, -0.25) is 14.6 Å². The molecule has 2 aromatic heterocycles. The Labute approximate surface area is 156 Å². The molecule has 1 aliphatic rings. The third-order valence-corrected chi connectivity index (χ3v) is 4.76. The Kier molecular flexibility index (Phi) is 4.58. The lowest BCUT2D eigenvalue weighted by atomic mass is 10.1. The molecule has 1 N–H and O–H groups in total. The quantitative estimate of drug-likeness (QED) is 0.750. The van der Waals surface area contributed by atoms with Gasteiger partial charge in [0, 0.05) is 31.9 Å². The van der Waals surface area contributed by atoms with Gasteiger partial charge in [-0.05, 0) is 30.2 Å². The van der Waals surface area contributed by atoms with Crippen LogP contribution in [0.5, 0.6) is 0 Å². The highest BCUT2D eigenvalue weighted by Crippen LogP contribution is 2.21. The van der Waals surface area contributed by atoms with Crippen molar-refractivity contribution in [2.75, 3.05) is 6.54 Å². The number of oxazole rings is 1. The molecule has 0 saturated carbocycles. The first-order chi connectivity index (χ1) is 13.1. The first-order valence-corrected chi connectivity index (χ1v) is 8.89. The predicted octanol–water partition coefficient (Wildman–Crippen LogP) is 2.20. The Balaban J connectivity index is 1.35. The van der Waals surface area contributed by atoms with Crippen molar-refractivity contribution in [3.05, 3.63) is 59.7 Å². The number of para-hydroxylation sites is 1. The molecule has 1 aromatic carbocycles. The Bertz CT molecular complexity index is 983. The number of rotatable bonds is 5. The van der Waals surface area contributed by atoms with Crippen molar-refractivity contribution in [1.29, 1.82) is 0 Å². The minimum atomic E-state index is -0.361. The van der Waals surface area contributed by atoms with Gasteiger partial charge < -0.3 is 14.6 Å². The molecule has 7 nitrogen and oxygen atoms in total. The standard InChI is InChI=1S/C20H20N4O3/c1-13-4-2-6-16-19(13)23-17(27-16)10-22-20(26)15-8-18(25)24(12-15)11-14-5-3-7-21-9-14/h2-7,9,15H,8,10-12H2,1H3,(H,22,26)/t15-/m0/s1. The maximum Gasteiger partial charge on any atom is 0.225 e. The summed E-state index contributed by atoms with van der Waals surface area (Å²) in [5.74, 6) is -0.0722. The fraction of sp³-hybridized carbons (Fsp3) is 0.300. The summed E-state index contributed by atoms with van der Waals surface area (Å²) >= 11 is 0. The summed E-state index contributed by atoms with van der Waals surface area (Å²) in [5, 5.41) is 2.84. The average molecular weight is 364 g/mol. The molecule has 1 fully saturated rings. The molecule has 138 valence electrons. The minimum Gasteiger partial charge on any atom is -0.439 e. The topological polar surface area (TPSA) is 88.3 Å². The second-order valence-electron chi connectivity index (χ2n) is 6.78. The molecule has 0 aliphatic carbocycles. The highest BCUT2D eigenvalue weighted by atomic mass is 16.3. The van der Waals surface area contributed by atoms with Crippen LogP contribution in [0, 0.1) is 12.8 Å². The van der Waals surface area contributed by atoms with Crippen LogP contribution in [0.25, 0.3) is 11.1 Å². The van der Waals surface area contributed by atoms with E-state index >= 15 is 0 Å². The Hall–Kier alpha value is -3.22. The number of nitrogens with one attached hydrogen (secondary N) is 1. The molecule has 7 heteroatoms. The number of carbonyl (C=O) groups excluding carboxylic acids is 2. The second kappa shape index (κ2) is 7.19. The van der Waals surface area contributed by atoms with Crippen LogP contribution in [0.15, 0.2) is 47.1 Å². The number of carbonyl (C=O) groups is 2. The summed E-state index contributed by atoms with van der Waals surface area (Å²) in [7, 11) is 0. The number of hydrogen-bond donors (Lipinski definition) is 1. The summed E-state index contributed by atoms with van der Waals surface area (Å²) in [6.07, 6.45) is 3.65. The maximum absolute atomic E-state index is 12.5. The van der Waals surface area contributed by atoms with Crippen LogP contribution < -0.4 is 5.32 Å². The molecule has 0 spiro atoms. The monoisotopic (exact) mass is 364 g/mol. The van der Waals surface area contributed by atoms with Gasteiger partial charge in [0.05, 0.1) is 12.5 Å². The average Bonchev–Trinajstić information content (AvgIpc) is 3.25. The molecule has 0 radical (unpaired) electrons. The molecular weight excluding hydrogens is 344 g/mol. The van der Waals surface area contributed by atoms with Crippen molar-refractivity contribution in [2.24, 2.45) is 5.92 Å². The van der Waals surface area contributed by atoms with E-state index in [-0.39, 0.29) is 30.7 Å². The van der Waals surface area contributed by atoms with E-state index in [1.165, 1.54) is 0 Å². The maximum atomic E-state index is 12.5. The molecule has 1 saturated heterocycles. The van der Waals surface area contributed by atoms with Crippen LogP contribution >= 0.6 is 0 Å². The van der Waals surface area contributed by atoms with Crippen LogP contribution in [0.3, 0.4) is 0 Å². The summed E-state index contributed by atoms with van der Waals surface area (Å²) in [6.45, 7) is 3.06. The van der Waals surface area contributed by atoms with Gasteiger partial charge in [0.1, 0.15) is 5.52 Å². The van der Waals surface area contributed by atoms with E-state index in [9.17, 15) is 9.59 Å². The lowest BCUT2D eigenvalue weighted by Crippen LogP contribution is -2.32. The van der Waals surface area contributed by atoms with E-state index in [2.05, 4.69) is 15.3 Å². The van der Waals surface area contributed by atoms with Crippen molar-refractivity contribution in [3.63, 3.8) is 0 Å². The normalized spacial score (nSPS) is 16.9. The van der Waals surface area contributed by atoms with Crippen molar-refractivity contribution < 1.29 is 14.0 Å². The Morgan fingerprint density at radius 3 is 3.00 bits per heavy atom. The van der Waals surface area contributed by atoms with Crippen LogP contribution in [-0.2, 0) is 22.7 Å². The lowest BCUT2D eigenvalue weighted by Gasteiger charge is -2.16. The molecule has 0 bridgehead atoms. The summed E-state index contributed by atoms with van der Waals surface area (Å²) < 4.78 is 5.67. The van der Waals surface area contributed by atoms with Gasteiger partial charge in [0.2, 0.25) is 17.7 Å². The van der Waals surface area contributed by atoms with Crippen molar-refractivity contribution >= 4 is 22.9 Å². The third-order valence-electron chi connectivity index (χ3n) is 4.76. The zero-order chi connectivity index (χ0) is 18.8. The van der Waals surface area contributed by atoms with Crippen LogP contribution in [-0.4, -0.2) is 33.2 Å². The largest absolute Gasteiger partial charge is 0.439 e. The zero-order valence-corrected chi connectivity index (χ0v) is 15.0.